The number of morpholine rings is 1. The Morgan fingerprint density at radius 2 is 2.48 bits per heavy atom. The molecule has 2 aliphatic heterocycles. The highest BCUT2D eigenvalue weighted by molar-refractivity contribution is 5.75. The van der Waals surface area contributed by atoms with Gasteiger partial charge in [0.15, 0.2) is 0 Å². The second-order valence-electron chi connectivity index (χ2n) is 5.66. The number of ether oxygens (including phenoxy) is 1. The summed E-state index contributed by atoms with van der Waals surface area (Å²) in [4.78, 5) is 14.3. The Hall–Kier alpha value is -1.51. The number of nitrogens with two attached hydrogens (primary N) is 1. The molecule has 3 N–H and O–H groups in total. The Morgan fingerprint density at radius 3 is 3.29 bits per heavy atom. The van der Waals surface area contributed by atoms with Gasteiger partial charge in [0.1, 0.15) is 6.54 Å². The SMILES string of the molecule is NCc1cn(CC(=O)NCC2CN3CCCC3CO2)nn1. The van der Waals surface area contributed by atoms with E-state index in [1.165, 1.54) is 17.5 Å². The molecule has 1 amide bonds. The molecule has 1 aromatic heterocycles. The maximum Gasteiger partial charge on any atom is 0.241 e. The number of aromatic nitrogens is 3. The van der Waals surface area contributed by atoms with Gasteiger partial charge in [0.05, 0.1) is 24.6 Å². The van der Waals surface area contributed by atoms with Crippen molar-refractivity contribution in [1.82, 2.24) is 25.2 Å². The van der Waals surface area contributed by atoms with E-state index in [1.807, 2.05) is 0 Å². The van der Waals surface area contributed by atoms with Crippen molar-refractivity contribution >= 4 is 5.91 Å². The first-order valence-corrected chi connectivity index (χ1v) is 7.46. The van der Waals surface area contributed by atoms with Crippen LogP contribution in [-0.4, -0.2) is 64.2 Å². The molecule has 0 radical (unpaired) electrons. The quantitative estimate of drug-likeness (QED) is 0.701. The van der Waals surface area contributed by atoms with E-state index in [9.17, 15) is 4.79 Å². The third kappa shape index (κ3) is 3.58. The van der Waals surface area contributed by atoms with Crippen molar-refractivity contribution in [3.8, 4) is 0 Å². The molecule has 2 fully saturated rings. The van der Waals surface area contributed by atoms with Crippen LogP contribution in [0.25, 0.3) is 0 Å². The summed E-state index contributed by atoms with van der Waals surface area (Å²) in [5.74, 6) is -0.0874. The summed E-state index contributed by atoms with van der Waals surface area (Å²) in [7, 11) is 0. The van der Waals surface area contributed by atoms with Gasteiger partial charge in [-0.25, -0.2) is 4.68 Å². The Balaban J connectivity index is 1.41. The number of hydrogen-bond donors (Lipinski definition) is 2. The largest absolute Gasteiger partial charge is 0.373 e. The van der Waals surface area contributed by atoms with E-state index in [0.29, 0.717) is 24.8 Å². The molecule has 8 nitrogen and oxygen atoms in total. The molecule has 3 heterocycles. The Morgan fingerprint density at radius 1 is 1.57 bits per heavy atom. The lowest BCUT2D eigenvalue weighted by molar-refractivity contribution is -0.123. The van der Waals surface area contributed by atoms with E-state index in [4.69, 9.17) is 10.5 Å². The second kappa shape index (κ2) is 6.50. The average molecular weight is 294 g/mol. The molecule has 0 bridgehead atoms. The molecular weight excluding hydrogens is 272 g/mol. The zero-order valence-corrected chi connectivity index (χ0v) is 12.1. The zero-order valence-electron chi connectivity index (χ0n) is 12.1. The van der Waals surface area contributed by atoms with Crippen molar-refractivity contribution in [2.24, 2.45) is 5.73 Å². The summed E-state index contributed by atoms with van der Waals surface area (Å²) in [6, 6.07) is 0.585. The maximum atomic E-state index is 11.9. The van der Waals surface area contributed by atoms with Gasteiger partial charge < -0.3 is 15.8 Å². The van der Waals surface area contributed by atoms with Crippen LogP contribution in [0, 0.1) is 0 Å². The zero-order chi connectivity index (χ0) is 14.7. The first kappa shape index (κ1) is 14.4. The summed E-state index contributed by atoms with van der Waals surface area (Å²) in [6.45, 7) is 3.87. The molecular formula is C13H22N6O2. The van der Waals surface area contributed by atoms with E-state index in [0.717, 1.165) is 19.7 Å². The summed E-state index contributed by atoms with van der Waals surface area (Å²) in [6.07, 6.45) is 4.25. The van der Waals surface area contributed by atoms with Gasteiger partial charge in [-0.1, -0.05) is 5.21 Å². The minimum absolute atomic E-state index is 0.0821. The van der Waals surface area contributed by atoms with Crippen molar-refractivity contribution in [2.75, 3.05) is 26.2 Å². The summed E-state index contributed by atoms with van der Waals surface area (Å²) < 4.78 is 7.30. The molecule has 0 aromatic carbocycles. The summed E-state index contributed by atoms with van der Waals surface area (Å²) in [5, 5.41) is 10.6. The van der Waals surface area contributed by atoms with Gasteiger partial charge >= 0.3 is 0 Å². The van der Waals surface area contributed by atoms with Crippen LogP contribution in [0.15, 0.2) is 6.20 Å². The van der Waals surface area contributed by atoms with Gasteiger partial charge in [0.25, 0.3) is 0 Å². The number of nitrogens with one attached hydrogen (secondary N) is 1. The lowest BCUT2D eigenvalue weighted by atomic mass is 10.2. The minimum atomic E-state index is -0.0874. The van der Waals surface area contributed by atoms with E-state index in [2.05, 4.69) is 20.5 Å². The highest BCUT2D eigenvalue weighted by Crippen LogP contribution is 2.22. The minimum Gasteiger partial charge on any atom is -0.373 e. The van der Waals surface area contributed by atoms with E-state index in [1.54, 1.807) is 6.20 Å². The lowest BCUT2D eigenvalue weighted by Crippen LogP contribution is -2.50. The van der Waals surface area contributed by atoms with Gasteiger partial charge in [0.2, 0.25) is 5.91 Å². The van der Waals surface area contributed by atoms with Crippen molar-refractivity contribution in [3.63, 3.8) is 0 Å². The van der Waals surface area contributed by atoms with Gasteiger partial charge in [-0.05, 0) is 19.4 Å². The summed E-state index contributed by atoms with van der Waals surface area (Å²) >= 11 is 0. The molecule has 8 heteroatoms. The lowest BCUT2D eigenvalue weighted by Gasteiger charge is -2.35. The average Bonchev–Trinajstić information content (AvgIpc) is 3.13. The predicted molar refractivity (Wildman–Crippen MR) is 75.3 cm³/mol. The van der Waals surface area contributed by atoms with Gasteiger partial charge in [-0.2, -0.15) is 0 Å². The fourth-order valence-corrected chi connectivity index (χ4v) is 2.95. The number of nitrogens with zero attached hydrogens (tertiary/aromatic N) is 4. The third-order valence-corrected chi connectivity index (χ3v) is 4.09. The van der Waals surface area contributed by atoms with Gasteiger partial charge in [-0.3, -0.25) is 9.69 Å². The monoisotopic (exact) mass is 294 g/mol. The van der Waals surface area contributed by atoms with Crippen LogP contribution in [-0.2, 0) is 22.6 Å². The smallest absolute Gasteiger partial charge is 0.241 e. The van der Waals surface area contributed by atoms with Crippen LogP contribution in [0.4, 0.5) is 0 Å². The van der Waals surface area contributed by atoms with Crippen LogP contribution in [0.5, 0.6) is 0 Å². The van der Waals surface area contributed by atoms with Crippen LogP contribution in [0.2, 0.25) is 0 Å². The fraction of sp³-hybridized carbons (Fsp3) is 0.769. The van der Waals surface area contributed by atoms with Crippen molar-refractivity contribution < 1.29 is 9.53 Å². The molecule has 3 rings (SSSR count). The predicted octanol–water partition coefficient (Wildman–Crippen LogP) is -1.28. The molecule has 0 aliphatic carbocycles. The van der Waals surface area contributed by atoms with Crippen LogP contribution < -0.4 is 11.1 Å². The van der Waals surface area contributed by atoms with E-state index < -0.39 is 0 Å². The topological polar surface area (TPSA) is 98.3 Å². The van der Waals surface area contributed by atoms with Crippen LogP contribution in [0.1, 0.15) is 18.5 Å². The number of rotatable bonds is 5. The van der Waals surface area contributed by atoms with Crippen molar-refractivity contribution in [3.05, 3.63) is 11.9 Å². The molecule has 1 aromatic rings. The van der Waals surface area contributed by atoms with Crippen LogP contribution in [0.3, 0.4) is 0 Å². The molecule has 2 aliphatic rings. The molecule has 0 saturated carbocycles. The number of carbonyl (C=O) groups is 1. The molecule has 2 saturated heterocycles. The first-order valence-electron chi connectivity index (χ1n) is 7.46. The molecule has 0 spiro atoms. The van der Waals surface area contributed by atoms with Crippen LogP contribution >= 0.6 is 0 Å². The standard InChI is InChI=1S/C13H22N6O2/c14-4-10-6-19(17-16-10)8-13(20)15-5-12-7-18-3-1-2-11(18)9-21-12/h6,11-12H,1-5,7-9,14H2,(H,15,20). The molecule has 116 valence electrons. The number of carbonyl (C=O) groups excluding carboxylic acids is 1. The highest BCUT2D eigenvalue weighted by Gasteiger charge is 2.32. The normalized spacial score (nSPS) is 25.8. The third-order valence-electron chi connectivity index (χ3n) is 4.09. The Bertz CT molecular complexity index is 491. The van der Waals surface area contributed by atoms with Crippen molar-refractivity contribution in [2.45, 2.75) is 38.1 Å². The Labute approximate surface area is 123 Å². The highest BCUT2D eigenvalue weighted by atomic mass is 16.5. The van der Waals surface area contributed by atoms with Crippen molar-refractivity contribution in [1.29, 1.82) is 0 Å². The molecule has 21 heavy (non-hydrogen) atoms. The molecule has 2 unspecified atom stereocenters. The number of fused-ring (bicyclic) bond motifs is 1. The number of hydrogen-bond acceptors (Lipinski definition) is 6. The van der Waals surface area contributed by atoms with E-state index in [-0.39, 0.29) is 18.6 Å². The Kier molecular flexibility index (Phi) is 4.47. The fourth-order valence-electron chi connectivity index (χ4n) is 2.95. The number of amides is 1. The second-order valence-corrected chi connectivity index (χ2v) is 5.66. The van der Waals surface area contributed by atoms with Gasteiger partial charge in [-0.15, -0.1) is 5.10 Å². The maximum absolute atomic E-state index is 11.9. The summed E-state index contributed by atoms with van der Waals surface area (Å²) in [5.41, 5.74) is 6.13. The van der Waals surface area contributed by atoms with E-state index >= 15 is 0 Å². The first-order chi connectivity index (χ1) is 10.2. The molecule has 2 atom stereocenters. The van der Waals surface area contributed by atoms with Gasteiger partial charge in [0, 0.05) is 25.7 Å².